The Morgan fingerprint density at radius 2 is 1.44 bits per heavy atom. The lowest BCUT2D eigenvalue weighted by molar-refractivity contribution is 0.0826. The van der Waals surface area contributed by atoms with Crippen LogP contribution in [0.5, 0.6) is 0 Å². The van der Waals surface area contributed by atoms with Crippen LogP contribution in [0.2, 0.25) is 0 Å². The van der Waals surface area contributed by atoms with Crippen molar-refractivity contribution in [1.82, 2.24) is 0 Å². The second-order valence-corrected chi connectivity index (χ2v) is 8.16. The van der Waals surface area contributed by atoms with Crippen LogP contribution < -0.4 is 0 Å². The van der Waals surface area contributed by atoms with Gasteiger partial charge >= 0.3 is 0 Å². The van der Waals surface area contributed by atoms with Gasteiger partial charge in [0.05, 0.1) is 0 Å². The summed E-state index contributed by atoms with van der Waals surface area (Å²) >= 11 is 0. The lowest BCUT2D eigenvalue weighted by Gasteiger charge is -2.43. The Labute approximate surface area is 115 Å². The molecule has 0 unspecified atom stereocenters. The summed E-state index contributed by atoms with van der Waals surface area (Å²) < 4.78 is 0. The van der Waals surface area contributed by atoms with E-state index in [4.69, 9.17) is 0 Å². The highest BCUT2D eigenvalue weighted by Crippen LogP contribution is 2.47. The van der Waals surface area contributed by atoms with E-state index in [1.807, 2.05) is 0 Å². The van der Waals surface area contributed by atoms with Crippen LogP contribution in [0.3, 0.4) is 0 Å². The van der Waals surface area contributed by atoms with E-state index in [9.17, 15) is 0 Å². The average molecular weight is 250 g/mol. The third kappa shape index (κ3) is 3.87. The highest BCUT2D eigenvalue weighted by atomic mass is 14.4. The van der Waals surface area contributed by atoms with Gasteiger partial charge in [0.2, 0.25) is 0 Å². The predicted molar refractivity (Wildman–Crippen MR) is 82.7 cm³/mol. The maximum atomic E-state index is 4.01. The minimum Gasteiger partial charge on any atom is -0.103 e. The Morgan fingerprint density at radius 1 is 1.00 bits per heavy atom. The zero-order valence-electron chi connectivity index (χ0n) is 13.6. The fourth-order valence-corrected chi connectivity index (χ4v) is 4.00. The van der Waals surface area contributed by atoms with E-state index in [2.05, 4.69) is 54.2 Å². The first-order valence-corrected chi connectivity index (χ1v) is 7.82. The molecule has 0 heteroatoms. The third-order valence-corrected chi connectivity index (χ3v) is 5.34. The monoisotopic (exact) mass is 250 g/mol. The summed E-state index contributed by atoms with van der Waals surface area (Å²) in [6.45, 7) is 18.4. The molecule has 0 amide bonds. The smallest absolute Gasteiger partial charge is 0.0149 e. The SMILES string of the molecule is C=CC(C)(C)C1CCC(C(C)(C)CC(C)C)CC1. The molecule has 1 aliphatic rings. The zero-order valence-corrected chi connectivity index (χ0v) is 13.6. The molecule has 1 fully saturated rings. The van der Waals surface area contributed by atoms with E-state index in [1.54, 1.807) is 0 Å². The maximum absolute atomic E-state index is 4.01. The van der Waals surface area contributed by atoms with E-state index in [-0.39, 0.29) is 0 Å². The molecule has 0 saturated heterocycles. The van der Waals surface area contributed by atoms with Crippen LogP contribution in [-0.2, 0) is 0 Å². The molecule has 0 aliphatic heterocycles. The van der Waals surface area contributed by atoms with Gasteiger partial charge in [-0.3, -0.25) is 0 Å². The van der Waals surface area contributed by atoms with Crippen LogP contribution >= 0.6 is 0 Å². The highest BCUT2D eigenvalue weighted by Gasteiger charge is 2.37. The minimum atomic E-state index is 0.327. The molecule has 0 radical (unpaired) electrons. The molecule has 18 heavy (non-hydrogen) atoms. The van der Waals surface area contributed by atoms with Gasteiger partial charge in [0.15, 0.2) is 0 Å². The molecule has 1 saturated carbocycles. The van der Waals surface area contributed by atoms with Crippen LogP contribution in [0, 0.1) is 28.6 Å². The van der Waals surface area contributed by atoms with Crippen molar-refractivity contribution in [2.75, 3.05) is 0 Å². The number of rotatable bonds is 5. The van der Waals surface area contributed by atoms with Crippen LogP contribution in [-0.4, -0.2) is 0 Å². The van der Waals surface area contributed by atoms with Crippen LogP contribution in [0.25, 0.3) is 0 Å². The molecule has 0 spiro atoms. The summed E-state index contributed by atoms with van der Waals surface area (Å²) in [5, 5.41) is 0. The standard InChI is InChI=1S/C18H34/c1-8-17(4,5)15-9-11-16(12-10-15)18(6,7)13-14(2)3/h8,14-16H,1,9-13H2,2-7H3. The van der Waals surface area contributed by atoms with Gasteiger partial charge in [-0.2, -0.15) is 0 Å². The van der Waals surface area contributed by atoms with Crippen molar-refractivity contribution in [3.05, 3.63) is 12.7 Å². The van der Waals surface area contributed by atoms with E-state index in [0.717, 1.165) is 17.8 Å². The Bertz CT molecular complexity index is 262. The lowest BCUT2D eigenvalue weighted by Crippen LogP contribution is -2.33. The van der Waals surface area contributed by atoms with Gasteiger partial charge in [-0.15, -0.1) is 6.58 Å². The molecule has 0 atom stereocenters. The van der Waals surface area contributed by atoms with E-state index >= 15 is 0 Å². The highest BCUT2D eigenvalue weighted by molar-refractivity contribution is 4.96. The molecule has 0 aromatic heterocycles. The van der Waals surface area contributed by atoms with Crippen molar-refractivity contribution in [3.8, 4) is 0 Å². The quantitative estimate of drug-likeness (QED) is 0.519. The molecular weight excluding hydrogens is 216 g/mol. The van der Waals surface area contributed by atoms with Gasteiger partial charge in [-0.05, 0) is 60.7 Å². The van der Waals surface area contributed by atoms with Gasteiger partial charge in [0.25, 0.3) is 0 Å². The van der Waals surface area contributed by atoms with Gasteiger partial charge < -0.3 is 0 Å². The first kappa shape index (κ1) is 15.8. The van der Waals surface area contributed by atoms with Crippen LogP contribution in [0.4, 0.5) is 0 Å². The summed E-state index contributed by atoms with van der Waals surface area (Å²) in [7, 11) is 0. The predicted octanol–water partition coefficient (Wildman–Crippen LogP) is 6.08. The van der Waals surface area contributed by atoms with Gasteiger partial charge in [0.1, 0.15) is 0 Å². The second-order valence-electron chi connectivity index (χ2n) is 8.16. The first-order valence-electron chi connectivity index (χ1n) is 7.82. The van der Waals surface area contributed by atoms with E-state index < -0.39 is 0 Å². The molecule has 0 nitrogen and oxygen atoms in total. The molecule has 0 aromatic rings. The molecule has 1 aliphatic carbocycles. The number of hydrogen-bond donors (Lipinski definition) is 0. The molecule has 0 bridgehead atoms. The topological polar surface area (TPSA) is 0 Å². The molecule has 0 N–H and O–H groups in total. The van der Waals surface area contributed by atoms with Gasteiger partial charge in [-0.25, -0.2) is 0 Å². The lowest BCUT2D eigenvalue weighted by atomic mass is 9.62. The number of allylic oxidation sites excluding steroid dienone is 1. The van der Waals surface area contributed by atoms with Crippen molar-refractivity contribution in [1.29, 1.82) is 0 Å². The minimum absolute atomic E-state index is 0.327. The largest absolute Gasteiger partial charge is 0.103 e. The van der Waals surface area contributed by atoms with Crippen LogP contribution in [0.1, 0.15) is 73.6 Å². The van der Waals surface area contributed by atoms with Crippen molar-refractivity contribution in [2.24, 2.45) is 28.6 Å². The van der Waals surface area contributed by atoms with Gasteiger partial charge in [-0.1, -0.05) is 47.6 Å². The molecular formula is C18H34. The summed E-state index contributed by atoms with van der Waals surface area (Å²) in [4.78, 5) is 0. The van der Waals surface area contributed by atoms with E-state index in [0.29, 0.717) is 10.8 Å². The zero-order chi connectivity index (χ0) is 14.0. The van der Waals surface area contributed by atoms with E-state index in [1.165, 1.54) is 32.1 Å². The molecule has 0 aromatic carbocycles. The maximum Gasteiger partial charge on any atom is -0.0149 e. The summed E-state index contributed by atoms with van der Waals surface area (Å²) in [6, 6.07) is 0. The van der Waals surface area contributed by atoms with Crippen LogP contribution in [0.15, 0.2) is 12.7 Å². The van der Waals surface area contributed by atoms with Crippen molar-refractivity contribution < 1.29 is 0 Å². The normalized spacial score (nSPS) is 26.4. The Morgan fingerprint density at radius 3 is 1.83 bits per heavy atom. The Kier molecular flexibility index (Phi) is 5.09. The Hall–Kier alpha value is -0.260. The second kappa shape index (κ2) is 5.80. The summed E-state index contributed by atoms with van der Waals surface area (Å²) in [5.41, 5.74) is 0.852. The summed E-state index contributed by atoms with van der Waals surface area (Å²) in [5.74, 6) is 2.60. The molecule has 1 rings (SSSR count). The van der Waals surface area contributed by atoms with Crippen molar-refractivity contribution in [2.45, 2.75) is 73.6 Å². The first-order chi connectivity index (χ1) is 8.19. The third-order valence-electron chi connectivity index (χ3n) is 5.34. The molecule has 0 heterocycles. The van der Waals surface area contributed by atoms with Crippen molar-refractivity contribution >= 4 is 0 Å². The Balaban J connectivity index is 2.56. The fourth-order valence-electron chi connectivity index (χ4n) is 4.00. The average Bonchev–Trinajstić information content (AvgIpc) is 2.27. The number of hydrogen-bond acceptors (Lipinski definition) is 0. The fraction of sp³-hybridized carbons (Fsp3) is 0.889. The van der Waals surface area contributed by atoms with Crippen molar-refractivity contribution in [3.63, 3.8) is 0 Å². The van der Waals surface area contributed by atoms with Gasteiger partial charge in [0, 0.05) is 0 Å². The molecule has 106 valence electrons. The summed E-state index contributed by atoms with van der Waals surface area (Å²) in [6.07, 6.45) is 9.16.